The summed E-state index contributed by atoms with van der Waals surface area (Å²) < 4.78 is 0. The molecule has 16 heavy (non-hydrogen) atoms. The zero-order valence-electron chi connectivity index (χ0n) is 10.6. The number of hydrogen-bond acceptors (Lipinski definition) is 2. The van der Waals surface area contributed by atoms with Gasteiger partial charge < -0.3 is 5.73 Å². The minimum atomic E-state index is 0.428. The highest BCUT2D eigenvalue weighted by Crippen LogP contribution is 2.49. The lowest BCUT2D eigenvalue weighted by atomic mass is 9.68. The van der Waals surface area contributed by atoms with E-state index in [0.29, 0.717) is 11.5 Å². The van der Waals surface area contributed by atoms with Crippen LogP contribution in [0.4, 0.5) is 0 Å². The van der Waals surface area contributed by atoms with E-state index in [-0.39, 0.29) is 0 Å². The number of hydrogen-bond donors (Lipinski definition) is 2. The molecule has 2 rings (SSSR count). The molecule has 2 N–H and O–H groups in total. The molecular formula is C14H27NS. The van der Waals surface area contributed by atoms with Crippen molar-refractivity contribution < 1.29 is 0 Å². The van der Waals surface area contributed by atoms with Crippen molar-refractivity contribution in [2.75, 3.05) is 5.75 Å². The van der Waals surface area contributed by atoms with Gasteiger partial charge >= 0.3 is 0 Å². The zero-order valence-corrected chi connectivity index (χ0v) is 11.5. The Balaban J connectivity index is 2.15. The molecule has 0 amide bonds. The van der Waals surface area contributed by atoms with Crippen LogP contribution in [0.3, 0.4) is 0 Å². The minimum absolute atomic E-state index is 0.428. The van der Waals surface area contributed by atoms with Gasteiger partial charge in [-0.25, -0.2) is 0 Å². The molecule has 2 heteroatoms. The van der Waals surface area contributed by atoms with Crippen LogP contribution >= 0.6 is 12.6 Å². The van der Waals surface area contributed by atoms with Gasteiger partial charge in [0, 0.05) is 6.04 Å². The Labute approximate surface area is 106 Å². The molecule has 2 aliphatic carbocycles. The summed E-state index contributed by atoms with van der Waals surface area (Å²) in [7, 11) is 0. The fourth-order valence-electron chi connectivity index (χ4n) is 4.13. The molecule has 2 fully saturated rings. The Morgan fingerprint density at radius 2 is 1.81 bits per heavy atom. The van der Waals surface area contributed by atoms with Crippen LogP contribution in [-0.4, -0.2) is 11.8 Å². The smallest absolute Gasteiger partial charge is 0.00446 e. The van der Waals surface area contributed by atoms with Crippen LogP contribution in [0.5, 0.6) is 0 Å². The maximum atomic E-state index is 6.28. The van der Waals surface area contributed by atoms with Gasteiger partial charge in [-0.15, -0.1) is 0 Å². The molecule has 0 aromatic rings. The average Bonchev–Trinajstić information content (AvgIpc) is 2.75. The van der Waals surface area contributed by atoms with Crippen molar-refractivity contribution in [2.45, 2.75) is 64.3 Å². The average molecular weight is 241 g/mol. The van der Waals surface area contributed by atoms with Gasteiger partial charge in [-0.05, 0) is 61.5 Å². The second-order valence-corrected chi connectivity index (χ2v) is 6.67. The fraction of sp³-hybridized carbons (Fsp3) is 1.00. The Kier molecular flexibility index (Phi) is 4.23. The summed E-state index contributed by atoms with van der Waals surface area (Å²) >= 11 is 4.70. The van der Waals surface area contributed by atoms with Gasteiger partial charge in [-0.3, -0.25) is 0 Å². The van der Waals surface area contributed by atoms with E-state index in [1.54, 1.807) is 0 Å². The summed E-state index contributed by atoms with van der Waals surface area (Å²) in [5.41, 5.74) is 6.75. The third kappa shape index (κ3) is 2.59. The number of rotatable bonds is 2. The third-order valence-electron chi connectivity index (χ3n) is 4.99. The predicted octanol–water partition coefficient (Wildman–Crippen LogP) is 3.63. The van der Waals surface area contributed by atoms with Crippen molar-refractivity contribution in [3.8, 4) is 0 Å². The second kappa shape index (κ2) is 5.30. The van der Waals surface area contributed by atoms with Crippen LogP contribution < -0.4 is 5.73 Å². The molecule has 3 atom stereocenters. The van der Waals surface area contributed by atoms with Crippen LogP contribution in [0.1, 0.15) is 58.3 Å². The third-order valence-corrected chi connectivity index (χ3v) is 5.62. The highest BCUT2D eigenvalue weighted by atomic mass is 32.1. The molecule has 0 bridgehead atoms. The highest BCUT2D eigenvalue weighted by molar-refractivity contribution is 7.80. The molecule has 3 unspecified atom stereocenters. The van der Waals surface area contributed by atoms with E-state index in [2.05, 4.69) is 6.92 Å². The van der Waals surface area contributed by atoms with Gasteiger partial charge in [0.1, 0.15) is 0 Å². The highest BCUT2D eigenvalue weighted by Gasteiger charge is 2.42. The van der Waals surface area contributed by atoms with Crippen molar-refractivity contribution in [1.29, 1.82) is 0 Å². The Morgan fingerprint density at radius 3 is 2.44 bits per heavy atom. The van der Waals surface area contributed by atoms with E-state index >= 15 is 0 Å². The molecule has 0 radical (unpaired) electrons. The molecule has 0 heterocycles. The quantitative estimate of drug-likeness (QED) is 0.560. The minimum Gasteiger partial charge on any atom is -0.328 e. The summed E-state index contributed by atoms with van der Waals surface area (Å²) in [6, 6.07) is 0.428. The Bertz CT molecular complexity index is 211. The van der Waals surface area contributed by atoms with Crippen molar-refractivity contribution in [2.24, 2.45) is 23.0 Å². The molecule has 1 nitrogen and oxygen atoms in total. The molecule has 2 saturated carbocycles. The van der Waals surface area contributed by atoms with E-state index in [0.717, 1.165) is 17.6 Å². The van der Waals surface area contributed by atoms with Gasteiger partial charge in [0.05, 0.1) is 0 Å². The molecule has 0 aromatic carbocycles. The fourth-order valence-corrected chi connectivity index (χ4v) is 4.65. The van der Waals surface area contributed by atoms with Gasteiger partial charge in [0.15, 0.2) is 0 Å². The number of thiol groups is 1. The molecule has 0 saturated heterocycles. The number of nitrogens with two attached hydrogens (primary N) is 1. The Hall–Kier alpha value is 0.310. The predicted molar refractivity (Wildman–Crippen MR) is 73.9 cm³/mol. The molecular weight excluding hydrogens is 214 g/mol. The molecule has 0 aromatic heterocycles. The van der Waals surface area contributed by atoms with Crippen LogP contribution in [0.25, 0.3) is 0 Å². The monoisotopic (exact) mass is 241 g/mol. The SMILES string of the molecule is CC1CCC(N)CC(CS)(C2CCCC2)C1. The van der Waals surface area contributed by atoms with Crippen LogP contribution in [0.2, 0.25) is 0 Å². The lowest BCUT2D eigenvalue weighted by Gasteiger charge is -2.40. The second-order valence-electron chi connectivity index (χ2n) is 6.35. The molecule has 0 spiro atoms. The first-order valence-corrected chi connectivity index (χ1v) is 7.66. The summed E-state index contributed by atoms with van der Waals surface area (Å²) in [5, 5.41) is 0. The maximum Gasteiger partial charge on any atom is 0.00446 e. The molecule has 2 aliphatic rings. The van der Waals surface area contributed by atoms with Gasteiger partial charge in [-0.2, -0.15) is 12.6 Å². The standard InChI is InChI=1S/C14H27NS/c1-11-6-7-13(15)9-14(8-11,10-16)12-4-2-3-5-12/h11-13,16H,2-10,15H2,1H3. The van der Waals surface area contributed by atoms with Crippen LogP contribution in [0.15, 0.2) is 0 Å². The summed E-state index contributed by atoms with van der Waals surface area (Å²) in [5.74, 6) is 2.81. The topological polar surface area (TPSA) is 26.0 Å². The van der Waals surface area contributed by atoms with E-state index in [9.17, 15) is 0 Å². The van der Waals surface area contributed by atoms with Crippen LogP contribution in [0, 0.1) is 17.3 Å². The van der Waals surface area contributed by atoms with Gasteiger partial charge in [-0.1, -0.05) is 19.8 Å². The Morgan fingerprint density at radius 1 is 1.12 bits per heavy atom. The first kappa shape index (κ1) is 12.8. The van der Waals surface area contributed by atoms with Crippen LogP contribution in [-0.2, 0) is 0 Å². The van der Waals surface area contributed by atoms with Gasteiger partial charge in [0.2, 0.25) is 0 Å². The largest absolute Gasteiger partial charge is 0.328 e. The van der Waals surface area contributed by atoms with Gasteiger partial charge in [0.25, 0.3) is 0 Å². The molecule has 0 aliphatic heterocycles. The van der Waals surface area contributed by atoms with Crippen molar-refractivity contribution in [3.63, 3.8) is 0 Å². The van der Waals surface area contributed by atoms with Crippen molar-refractivity contribution >= 4 is 12.6 Å². The van der Waals surface area contributed by atoms with E-state index in [4.69, 9.17) is 18.4 Å². The van der Waals surface area contributed by atoms with E-state index in [1.807, 2.05) is 0 Å². The summed E-state index contributed by atoms with van der Waals surface area (Å²) in [6.45, 7) is 2.41. The molecule has 94 valence electrons. The lowest BCUT2D eigenvalue weighted by molar-refractivity contribution is 0.142. The van der Waals surface area contributed by atoms with Crippen molar-refractivity contribution in [3.05, 3.63) is 0 Å². The normalized spacial score (nSPS) is 42.2. The van der Waals surface area contributed by atoms with Crippen molar-refractivity contribution in [1.82, 2.24) is 0 Å². The first-order chi connectivity index (χ1) is 7.66. The zero-order chi connectivity index (χ0) is 11.6. The van der Waals surface area contributed by atoms with E-state index in [1.165, 1.54) is 51.4 Å². The van der Waals surface area contributed by atoms with E-state index < -0.39 is 0 Å². The summed E-state index contributed by atoms with van der Waals surface area (Å²) in [6.07, 6.45) is 10.9. The summed E-state index contributed by atoms with van der Waals surface area (Å²) in [4.78, 5) is 0. The first-order valence-electron chi connectivity index (χ1n) is 7.03. The lowest BCUT2D eigenvalue weighted by Crippen LogP contribution is -2.37. The maximum absolute atomic E-state index is 6.28.